The Labute approximate surface area is 122 Å². The van der Waals surface area contributed by atoms with Gasteiger partial charge in [0.2, 0.25) is 0 Å². The zero-order chi connectivity index (χ0) is 14.7. The Kier molecular flexibility index (Phi) is 4.61. The van der Waals surface area contributed by atoms with Crippen LogP contribution in [0.3, 0.4) is 0 Å². The number of benzene rings is 1. The summed E-state index contributed by atoms with van der Waals surface area (Å²) in [6.45, 7) is 9.51. The fourth-order valence-electron chi connectivity index (χ4n) is 2.57. The predicted octanol–water partition coefficient (Wildman–Crippen LogP) is 3.39. The molecule has 0 amide bonds. The maximum absolute atomic E-state index is 4.66. The summed E-state index contributed by atoms with van der Waals surface area (Å²) < 4.78 is 2.11. The van der Waals surface area contributed by atoms with E-state index in [2.05, 4.69) is 67.1 Å². The Bertz CT molecular complexity index is 584. The molecule has 0 bridgehead atoms. The van der Waals surface area contributed by atoms with Gasteiger partial charge in [0.1, 0.15) is 0 Å². The molecule has 0 spiro atoms. The van der Waals surface area contributed by atoms with Crippen molar-refractivity contribution in [2.45, 2.75) is 46.7 Å². The van der Waals surface area contributed by atoms with E-state index in [0.29, 0.717) is 0 Å². The van der Waals surface area contributed by atoms with Gasteiger partial charge in [0.05, 0.1) is 17.4 Å². The number of rotatable bonds is 5. The third-order valence-corrected chi connectivity index (χ3v) is 3.97. The summed E-state index contributed by atoms with van der Waals surface area (Å²) in [6, 6.07) is 9.10. The van der Waals surface area contributed by atoms with Crippen LogP contribution in [-0.2, 0) is 13.0 Å². The molecule has 0 radical (unpaired) electrons. The van der Waals surface area contributed by atoms with Crippen LogP contribution < -0.4 is 5.32 Å². The fourth-order valence-corrected chi connectivity index (χ4v) is 2.57. The molecular weight excluding hydrogens is 246 g/mol. The van der Waals surface area contributed by atoms with E-state index in [0.717, 1.165) is 18.7 Å². The monoisotopic (exact) mass is 271 g/mol. The minimum atomic E-state index is 0.196. The SMILES string of the molecule is CCc1cc(C(NC)c2ccc(C)c(C)c2)n(CC)n1. The van der Waals surface area contributed by atoms with Crippen molar-refractivity contribution in [1.29, 1.82) is 0 Å². The largest absolute Gasteiger partial charge is 0.308 e. The Morgan fingerprint density at radius 2 is 1.90 bits per heavy atom. The van der Waals surface area contributed by atoms with Gasteiger partial charge >= 0.3 is 0 Å². The lowest BCUT2D eigenvalue weighted by molar-refractivity contribution is 0.560. The smallest absolute Gasteiger partial charge is 0.0746 e. The van der Waals surface area contributed by atoms with Gasteiger partial charge in [-0.15, -0.1) is 0 Å². The molecule has 0 fully saturated rings. The summed E-state index contributed by atoms with van der Waals surface area (Å²) >= 11 is 0. The minimum Gasteiger partial charge on any atom is -0.308 e. The van der Waals surface area contributed by atoms with Gasteiger partial charge in [-0.2, -0.15) is 5.10 Å². The van der Waals surface area contributed by atoms with Gasteiger partial charge < -0.3 is 5.32 Å². The van der Waals surface area contributed by atoms with Crippen LogP contribution in [-0.4, -0.2) is 16.8 Å². The Hall–Kier alpha value is -1.61. The van der Waals surface area contributed by atoms with Crippen LogP contribution in [0, 0.1) is 13.8 Å². The van der Waals surface area contributed by atoms with E-state index in [4.69, 9.17) is 0 Å². The molecule has 1 unspecified atom stereocenters. The third kappa shape index (κ3) is 2.78. The molecule has 20 heavy (non-hydrogen) atoms. The van der Waals surface area contributed by atoms with Crippen LogP contribution in [0.5, 0.6) is 0 Å². The van der Waals surface area contributed by atoms with Crippen LogP contribution >= 0.6 is 0 Å². The molecular formula is C17H25N3. The van der Waals surface area contributed by atoms with Crippen molar-refractivity contribution in [3.8, 4) is 0 Å². The summed E-state index contributed by atoms with van der Waals surface area (Å²) in [7, 11) is 2.01. The van der Waals surface area contributed by atoms with Gasteiger partial charge in [-0.1, -0.05) is 25.1 Å². The zero-order valence-electron chi connectivity index (χ0n) is 13.2. The summed E-state index contributed by atoms with van der Waals surface area (Å²) in [5, 5.41) is 8.09. The van der Waals surface area contributed by atoms with E-state index in [9.17, 15) is 0 Å². The lowest BCUT2D eigenvalue weighted by atomic mass is 9.98. The molecule has 3 nitrogen and oxygen atoms in total. The summed E-state index contributed by atoms with van der Waals surface area (Å²) in [4.78, 5) is 0. The standard InChI is InChI=1S/C17H25N3/c1-6-15-11-16(20(7-2)19-15)17(18-5)14-9-8-12(3)13(4)10-14/h8-11,17-18H,6-7H2,1-5H3. The molecule has 0 saturated carbocycles. The van der Waals surface area contributed by atoms with Crippen LogP contribution in [0.4, 0.5) is 0 Å². The predicted molar refractivity (Wildman–Crippen MR) is 84.1 cm³/mol. The number of aryl methyl sites for hydroxylation is 4. The average Bonchev–Trinajstić information content (AvgIpc) is 2.87. The second kappa shape index (κ2) is 6.23. The molecule has 1 N–H and O–H groups in total. The quantitative estimate of drug-likeness (QED) is 0.903. The van der Waals surface area contributed by atoms with E-state index in [1.54, 1.807) is 0 Å². The fraction of sp³-hybridized carbons (Fsp3) is 0.471. The highest BCUT2D eigenvalue weighted by atomic mass is 15.3. The molecule has 2 aromatic rings. The Morgan fingerprint density at radius 1 is 1.15 bits per heavy atom. The van der Waals surface area contributed by atoms with Gasteiger partial charge in [-0.3, -0.25) is 4.68 Å². The highest BCUT2D eigenvalue weighted by Gasteiger charge is 2.18. The van der Waals surface area contributed by atoms with E-state index in [1.807, 2.05) is 7.05 Å². The molecule has 0 aliphatic heterocycles. The summed E-state index contributed by atoms with van der Waals surface area (Å²) in [5.74, 6) is 0. The van der Waals surface area contributed by atoms with Crippen molar-refractivity contribution in [3.63, 3.8) is 0 Å². The first kappa shape index (κ1) is 14.8. The molecule has 1 aromatic heterocycles. The lowest BCUT2D eigenvalue weighted by Gasteiger charge is -2.19. The Morgan fingerprint density at radius 3 is 2.45 bits per heavy atom. The molecule has 1 atom stereocenters. The minimum absolute atomic E-state index is 0.196. The Balaban J connectivity index is 2.45. The highest BCUT2D eigenvalue weighted by Crippen LogP contribution is 2.24. The number of hydrogen-bond donors (Lipinski definition) is 1. The number of aromatic nitrogens is 2. The number of nitrogens with zero attached hydrogens (tertiary/aromatic N) is 2. The first-order valence-corrected chi connectivity index (χ1v) is 7.41. The highest BCUT2D eigenvalue weighted by molar-refractivity contribution is 5.35. The van der Waals surface area contributed by atoms with Gasteiger partial charge in [0.25, 0.3) is 0 Å². The molecule has 108 valence electrons. The molecule has 0 aliphatic carbocycles. The van der Waals surface area contributed by atoms with Gasteiger partial charge in [-0.05, 0) is 57.0 Å². The average molecular weight is 271 g/mol. The molecule has 1 aromatic carbocycles. The van der Waals surface area contributed by atoms with Crippen molar-refractivity contribution in [2.24, 2.45) is 0 Å². The van der Waals surface area contributed by atoms with E-state index in [1.165, 1.54) is 22.4 Å². The third-order valence-electron chi connectivity index (χ3n) is 3.97. The second-order valence-corrected chi connectivity index (χ2v) is 5.30. The molecule has 2 rings (SSSR count). The second-order valence-electron chi connectivity index (χ2n) is 5.30. The lowest BCUT2D eigenvalue weighted by Crippen LogP contribution is -2.21. The molecule has 0 aliphatic rings. The first-order chi connectivity index (χ1) is 9.60. The molecule has 3 heteroatoms. The van der Waals surface area contributed by atoms with Crippen molar-refractivity contribution in [2.75, 3.05) is 7.05 Å². The van der Waals surface area contributed by atoms with Crippen LogP contribution in [0.2, 0.25) is 0 Å². The summed E-state index contributed by atoms with van der Waals surface area (Å²) in [6.07, 6.45) is 0.976. The molecule has 1 heterocycles. The van der Waals surface area contributed by atoms with E-state index in [-0.39, 0.29) is 6.04 Å². The number of nitrogens with one attached hydrogen (secondary N) is 1. The first-order valence-electron chi connectivity index (χ1n) is 7.41. The van der Waals surface area contributed by atoms with Crippen LogP contribution in [0.1, 0.15) is 48.0 Å². The van der Waals surface area contributed by atoms with Gasteiger partial charge in [0, 0.05) is 6.54 Å². The van der Waals surface area contributed by atoms with Gasteiger partial charge in [0.15, 0.2) is 0 Å². The number of hydrogen-bond acceptors (Lipinski definition) is 2. The zero-order valence-corrected chi connectivity index (χ0v) is 13.2. The molecule has 0 saturated heterocycles. The maximum atomic E-state index is 4.66. The topological polar surface area (TPSA) is 29.9 Å². The van der Waals surface area contributed by atoms with E-state index >= 15 is 0 Å². The van der Waals surface area contributed by atoms with Crippen LogP contribution in [0.25, 0.3) is 0 Å². The van der Waals surface area contributed by atoms with Crippen molar-refractivity contribution in [1.82, 2.24) is 15.1 Å². The van der Waals surface area contributed by atoms with Crippen molar-refractivity contribution < 1.29 is 0 Å². The summed E-state index contributed by atoms with van der Waals surface area (Å²) in [5.41, 5.74) is 6.37. The van der Waals surface area contributed by atoms with Crippen LogP contribution in [0.15, 0.2) is 24.3 Å². The normalized spacial score (nSPS) is 12.7. The van der Waals surface area contributed by atoms with Crippen molar-refractivity contribution >= 4 is 0 Å². The maximum Gasteiger partial charge on any atom is 0.0746 e. The van der Waals surface area contributed by atoms with E-state index < -0.39 is 0 Å². The van der Waals surface area contributed by atoms with Gasteiger partial charge in [-0.25, -0.2) is 0 Å². The van der Waals surface area contributed by atoms with Crippen molar-refractivity contribution in [3.05, 3.63) is 52.3 Å².